The molecule has 1 aliphatic heterocycles. The first-order valence-electron chi connectivity index (χ1n) is 12.9. The zero-order chi connectivity index (χ0) is 31.7. The fourth-order valence-electron chi connectivity index (χ4n) is 4.31. The lowest BCUT2D eigenvalue weighted by molar-refractivity contribution is -0.193. The summed E-state index contributed by atoms with van der Waals surface area (Å²) in [4.78, 5) is 28.0. The molecule has 0 radical (unpaired) electrons. The van der Waals surface area contributed by atoms with Crippen molar-refractivity contribution in [2.45, 2.75) is 63.2 Å². The van der Waals surface area contributed by atoms with Crippen molar-refractivity contribution in [2.24, 2.45) is 0 Å². The second kappa shape index (κ2) is 12.2. The number of aliphatic hydroxyl groups excluding tert-OH is 1. The van der Waals surface area contributed by atoms with E-state index in [1.54, 1.807) is 44.2 Å². The number of esters is 1. The van der Waals surface area contributed by atoms with Crippen LogP contribution in [-0.2, 0) is 23.4 Å². The van der Waals surface area contributed by atoms with Crippen molar-refractivity contribution in [3.05, 3.63) is 65.2 Å². The number of rotatable bonds is 11. The van der Waals surface area contributed by atoms with Crippen LogP contribution in [0.1, 0.15) is 27.0 Å². The van der Waals surface area contributed by atoms with Crippen LogP contribution in [0.4, 0.5) is 23.4 Å². The summed E-state index contributed by atoms with van der Waals surface area (Å²) < 4.78 is 94.7. The van der Waals surface area contributed by atoms with Gasteiger partial charge in [-0.15, -0.1) is 0 Å². The number of ether oxygens (including phenoxy) is 2. The summed E-state index contributed by atoms with van der Waals surface area (Å²) in [6.45, 7) is 2.69. The summed E-state index contributed by atoms with van der Waals surface area (Å²) in [6, 6.07) is 10.8. The number of carbonyl (C=O) groups excluding carboxylic acids is 1. The highest BCUT2D eigenvalue weighted by Gasteiger charge is 2.71. The number of nitrogens with zero attached hydrogens (tertiary/aromatic N) is 2. The van der Waals surface area contributed by atoms with Crippen molar-refractivity contribution in [3.8, 4) is 5.75 Å². The minimum atomic E-state index is -4.93. The van der Waals surface area contributed by atoms with Gasteiger partial charge < -0.3 is 24.8 Å². The van der Waals surface area contributed by atoms with Crippen LogP contribution >= 0.6 is 7.75 Å². The van der Waals surface area contributed by atoms with Crippen LogP contribution in [0.3, 0.4) is 0 Å². The van der Waals surface area contributed by atoms with Gasteiger partial charge in [0.05, 0.1) is 12.7 Å². The highest BCUT2D eigenvalue weighted by Crippen LogP contribution is 2.53. The summed E-state index contributed by atoms with van der Waals surface area (Å²) in [5.41, 5.74) is 0.476. The molecule has 234 valence electrons. The maximum atomic E-state index is 15.2. The fraction of sp³-hybridized carbons (Fsp3) is 0.423. The smallest absolute Gasteiger partial charge is 0.459 e. The van der Waals surface area contributed by atoms with Crippen molar-refractivity contribution in [3.63, 3.8) is 0 Å². The van der Waals surface area contributed by atoms with E-state index in [1.165, 1.54) is 19.1 Å². The zero-order valence-electron chi connectivity index (χ0n) is 23.0. The molecule has 1 fully saturated rings. The van der Waals surface area contributed by atoms with Crippen LogP contribution in [0, 0.1) is 0 Å². The molecule has 0 saturated carbocycles. The highest BCUT2D eigenvalue weighted by molar-refractivity contribution is 7.52. The van der Waals surface area contributed by atoms with E-state index in [4.69, 9.17) is 24.3 Å². The first-order valence-corrected chi connectivity index (χ1v) is 14.4. The number of hydrogen-bond donors (Lipinski definition) is 3. The lowest BCUT2D eigenvalue weighted by atomic mass is 9.96. The van der Waals surface area contributed by atoms with Gasteiger partial charge in [0.1, 0.15) is 17.6 Å². The number of aromatic nitrogens is 2. The van der Waals surface area contributed by atoms with Crippen LogP contribution < -0.4 is 21.0 Å². The van der Waals surface area contributed by atoms with Gasteiger partial charge >= 0.3 is 25.3 Å². The number of fused-ring (bicyclic) bond motifs is 1. The highest BCUT2D eigenvalue weighted by atomic mass is 31.2. The number of nitrogens with one attached hydrogen (secondary N) is 1. The average molecular weight is 633 g/mol. The number of carbonyl (C=O) groups is 1. The van der Waals surface area contributed by atoms with E-state index in [0.717, 1.165) is 12.3 Å². The van der Waals surface area contributed by atoms with Crippen LogP contribution in [0.15, 0.2) is 59.5 Å². The van der Waals surface area contributed by atoms with Gasteiger partial charge in [-0.3, -0.25) is 13.9 Å². The summed E-state index contributed by atoms with van der Waals surface area (Å²) in [6.07, 6.45) is -9.76. The van der Waals surface area contributed by atoms with Gasteiger partial charge in [-0.1, -0.05) is 36.4 Å². The minimum Gasteiger partial charge on any atom is -0.462 e. The molecule has 5 atom stereocenters. The number of halogens is 4. The van der Waals surface area contributed by atoms with E-state index < -0.39 is 68.4 Å². The number of nitrogens with two attached hydrogens (primary N) is 1. The van der Waals surface area contributed by atoms with Gasteiger partial charge in [-0.2, -0.15) is 18.9 Å². The van der Waals surface area contributed by atoms with Crippen LogP contribution in [0.2, 0.25) is 0 Å². The molecule has 2 aromatic carbocycles. The average Bonchev–Trinajstić information content (AvgIpc) is 3.13. The molecule has 0 aliphatic carbocycles. The van der Waals surface area contributed by atoms with Gasteiger partial charge in [-0.05, 0) is 38.3 Å². The molecule has 1 saturated heterocycles. The van der Waals surface area contributed by atoms with Gasteiger partial charge in [0.25, 0.3) is 6.43 Å². The lowest BCUT2D eigenvalue weighted by Crippen LogP contribution is -2.54. The summed E-state index contributed by atoms with van der Waals surface area (Å²) >= 11 is 0. The Morgan fingerprint density at radius 2 is 1.86 bits per heavy atom. The molecule has 0 spiro atoms. The normalized spacial score (nSPS) is 23.8. The van der Waals surface area contributed by atoms with Gasteiger partial charge in [0.2, 0.25) is 6.23 Å². The quantitative estimate of drug-likeness (QED) is 0.161. The molecule has 4 N–H and O–H groups in total. The summed E-state index contributed by atoms with van der Waals surface area (Å²) in [5, 5.41) is 13.8. The first-order chi connectivity index (χ1) is 20.1. The number of nitrogen functional groups attached to an aromatic ring is 1. The minimum absolute atomic E-state index is 0.0694. The third-order valence-corrected chi connectivity index (χ3v) is 8.06. The van der Waals surface area contributed by atoms with Crippen molar-refractivity contribution in [2.75, 3.05) is 12.3 Å². The monoisotopic (exact) mass is 632 g/mol. The predicted octanol–water partition coefficient (Wildman–Crippen LogP) is 3.64. The van der Waals surface area contributed by atoms with Gasteiger partial charge in [0, 0.05) is 11.6 Å². The molecule has 0 bridgehead atoms. The van der Waals surface area contributed by atoms with E-state index in [9.17, 15) is 28.0 Å². The maximum absolute atomic E-state index is 15.2. The molecule has 4 rings (SSSR count). The Balaban J connectivity index is 1.70. The van der Waals surface area contributed by atoms with Crippen LogP contribution in [-0.4, -0.2) is 63.4 Å². The standard InChI is InChI=1S/C26H29F4N4O8P/c1-14(2)40-20(35)15(3)33-43(38,42-18-10-6-8-16-7-4-5-9-17(16)18)39-13-25(22(27)28)21(36)26(29,30)23(41-25)34-12-11-19(31)32-24(34)37/h4-12,14-15,21-23,36H,13H2,1-3H3,(H,33,38)(H2,31,32,37)/t15-,21-,23+,25+,43-/m0/s1. The largest absolute Gasteiger partial charge is 0.462 e. The molecular formula is C26H29F4N4O8P. The van der Waals surface area contributed by atoms with E-state index in [-0.39, 0.29) is 16.1 Å². The Morgan fingerprint density at radius 1 is 1.19 bits per heavy atom. The Labute approximate surface area is 242 Å². The molecule has 3 aromatic rings. The Bertz CT molecular complexity index is 1590. The van der Waals surface area contributed by atoms with Gasteiger partial charge in [0.15, 0.2) is 11.7 Å². The Hall–Kier alpha value is -3.56. The number of anilines is 1. The topological polar surface area (TPSA) is 164 Å². The molecular weight excluding hydrogens is 603 g/mol. The predicted molar refractivity (Wildman–Crippen MR) is 145 cm³/mol. The van der Waals surface area contributed by atoms with E-state index in [2.05, 4.69) is 10.1 Å². The van der Waals surface area contributed by atoms with Gasteiger partial charge in [-0.25, -0.2) is 18.1 Å². The first kappa shape index (κ1) is 32.4. The number of hydrogen-bond acceptors (Lipinski definition) is 10. The zero-order valence-corrected chi connectivity index (χ0v) is 23.9. The SMILES string of the molecule is CC(C)OC(=O)[C@H](C)N[P@](=O)(OC[C@@]1(C(F)F)O[C@@H](n2ccc(N)nc2=O)C(F)(F)[C@H]1O)Oc1cccc2ccccc12. The molecule has 0 unspecified atom stereocenters. The fourth-order valence-corrected chi connectivity index (χ4v) is 5.86. The number of benzene rings is 2. The molecule has 1 aliphatic rings. The van der Waals surface area contributed by atoms with Crippen molar-refractivity contribution in [1.29, 1.82) is 0 Å². The van der Waals surface area contributed by atoms with Crippen LogP contribution in [0.25, 0.3) is 10.8 Å². The van der Waals surface area contributed by atoms with Crippen molar-refractivity contribution < 1.29 is 50.5 Å². The summed E-state index contributed by atoms with van der Waals surface area (Å²) in [5.74, 6) is -5.82. The van der Waals surface area contributed by atoms with Crippen molar-refractivity contribution in [1.82, 2.24) is 14.6 Å². The van der Waals surface area contributed by atoms with Crippen LogP contribution in [0.5, 0.6) is 5.75 Å². The molecule has 12 nitrogen and oxygen atoms in total. The Morgan fingerprint density at radius 3 is 2.51 bits per heavy atom. The molecule has 17 heteroatoms. The lowest BCUT2D eigenvalue weighted by Gasteiger charge is -2.32. The van der Waals surface area contributed by atoms with Crippen molar-refractivity contribution >= 4 is 30.3 Å². The molecule has 0 amide bonds. The third-order valence-electron chi connectivity index (χ3n) is 6.45. The van der Waals surface area contributed by atoms with E-state index in [0.29, 0.717) is 10.8 Å². The van der Waals surface area contributed by atoms with E-state index >= 15 is 8.78 Å². The number of alkyl halides is 4. The number of aliphatic hydroxyl groups is 1. The second-order valence-corrected chi connectivity index (χ2v) is 11.7. The molecule has 2 heterocycles. The molecule has 43 heavy (non-hydrogen) atoms. The third kappa shape index (κ3) is 6.53. The Kier molecular flexibility index (Phi) is 9.19. The second-order valence-electron chi connectivity index (χ2n) is 10.0. The summed E-state index contributed by atoms with van der Waals surface area (Å²) in [7, 11) is -4.93. The van der Waals surface area contributed by atoms with E-state index in [1.807, 2.05) is 0 Å². The molecule has 1 aromatic heterocycles. The maximum Gasteiger partial charge on any atom is 0.459 e.